The van der Waals surface area contributed by atoms with Gasteiger partial charge in [0.2, 0.25) is 0 Å². The molecule has 0 saturated heterocycles. The van der Waals surface area contributed by atoms with Gasteiger partial charge in [-0.3, -0.25) is 0 Å². The summed E-state index contributed by atoms with van der Waals surface area (Å²) in [5, 5.41) is 3.35. The Morgan fingerprint density at radius 2 is 1.87 bits per heavy atom. The highest BCUT2D eigenvalue weighted by molar-refractivity contribution is 5.68. The standard InChI is InChI=1S/C18H29FN2O2/c1-6-12-21(17(22)23-18(3,4)5)13-11-20-14(2)15-7-9-16(19)10-8-15/h7-10,14,20H,6,11-13H2,1-5H3. The molecular formula is C18H29FN2O2. The van der Waals surface area contributed by atoms with E-state index in [9.17, 15) is 9.18 Å². The first kappa shape index (κ1) is 19.4. The number of rotatable bonds is 7. The molecule has 0 aliphatic carbocycles. The van der Waals surface area contributed by atoms with Gasteiger partial charge in [0.25, 0.3) is 0 Å². The topological polar surface area (TPSA) is 41.6 Å². The van der Waals surface area contributed by atoms with E-state index < -0.39 is 5.60 Å². The molecule has 0 heterocycles. The van der Waals surface area contributed by atoms with Crippen LogP contribution in [0.4, 0.5) is 9.18 Å². The average molecular weight is 324 g/mol. The van der Waals surface area contributed by atoms with Crippen LogP contribution in [0.15, 0.2) is 24.3 Å². The molecule has 1 unspecified atom stereocenters. The van der Waals surface area contributed by atoms with Crippen LogP contribution >= 0.6 is 0 Å². The van der Waals surface area contributed by atoms with Crippen molar-refractivity contribution in [3.05, 3.63) is 35.6 Å². The van der Waals surface area contributed by atoms with Gasteiger partial charge >= 0.3 is 6.09 Å². The zero-order valence-corrected chi connectivity index (χ0v) is 14.9. The maximum atomic E-state index is 12.9. The molecule has 0 spiro atoms. The Labute approximate surface area is 139 Å². The van der Waals surface area contributed by atoms with Gasteiger partial charge in [0, 0.05) is 25.7 Å². The molecule has 1 atom stereocenters. The van der Waals surface area contributed by atoms with Gasteiger partial charge < -0.3 is 15.0 Å². The van der Waals surface area contributed by atoms with Crippen LogP contribution in [0, 0.1) is 5.82 Å². The van der Waals surface area contributed by atoms with E-state index in [0.29, 0.717) is 19.6 Å². The number of ether oxygens (including phenoxy) is 1. The van der Waals surface area contributed by atoms with E-state index in [-0.39, 0.29) is 18.0 Å². The Hall–Kier alpha value is -1.62. The van der Waals surface area contributed by atoms with Gasteiger partial charge in [0.15, 0.2) is 0 Å². The molecule has 1 aromatic carbocycles. The second-order valence-electron chi connectivity index (χ2n) is 6.69. The first-order valence-corrected chi connectivity index (χ1v) is 8.19. The number of nitrogens with one attached hydrogen (secondary N) is 1. The number of halogens is 1. The van der Waals surface area contributed by atoms with Crippen molar-refractivity contribution in [2.24, 2.45) is 0 Å². The first-order valence-electron chi connectivity index (χ1n) is 8.19. The third-order valence-electron chi connectivity index (χ3n) is 3.35. The number of hydrogen-bond acceptors (Lipinski definition) is 3. The molecule has 0 aromatic heterocycles. The zero-order valence-electron chi connectivity index (χ0n) is 14.9. The minimum Gasteiger partial charge on any atom is -0.444 e. The molecule has 1 rings (SSSR count). The van der Waals surface area contributed by atoms with E-state index in [1.165, 1.54) is 12.1 Å². The van der Waals surface area contributed by atoms with Crippen molar-refractivity contribution < 1.29 is 13.9 Å². The van der Waals surface area contributed by atoms with Crippen LogP contribution in [0.5, 0.6) is 0 Å². The van der Waals surface area contributed by atoms with Gasteiger partial charge in [0.1, 0.15) is 11.4 Å². The summed E-state index contributed by atoms with van der Waals surface area (Å²) in [6, 6.07) is 6.54. The summed E-state index contributed by atoms with van der Waals surface area (Å²) >= 11 is 0. The van der Waals surface area contributed by atoms with E-state index in [1.807, 2.05) is 34.6 Å². The minimum absolute atomic E-state index is 0.0951. The fraction of sp³-hybridized carbons (Fsp3) is 0.611. The minimum atomic E-state index is -0.488. The van der Waals surface area contributed by atoms with Crippen molar-refractivity contribution in [2.75, 3.05) is 19.6 Å². The summed E-state index contributed by atoms with van der Waals surface area (Å²) < 4.78 is 18.4. The fourth-order valence-corrected chi connectivity index (χ4v) is 2.18. The van der Waals surface area contributed by atoms with Crippen molar-refractivity contribution in [3.8, 4) is 0 Å². The molecule has 1 aromatic rings. The number of benzene rings is 1. The number of carbonyl (C=O) groups excluding carboxylic acids is 1. The SMILES string of the molecule is CCCN(CCNC(C)c1ccc(F)cc1)C(=O)OC(C)(C)C. The Morgan fingerprint density at radius 3 is 2.39 bits per heavy atom. The van der Waals surface area contributed by atoms with Crippen LogP contribution in [0.2, 0.25) is 0 Å². The quantitative estimate of drug-likeness (QED) is 0.820. The van der Waals surface area contributed by atoms with Crippen molar-refractivity contribution in [3.63, 3.8) is 0 Å². The van der Waals surface area contributed by atoms with Gasteiger partial charge in [-0.2, -0.15) is 0 Å². The van der Waals surface area contributed by atoms with Crippen molar-refractivity contribution in [2.45, 2.75) is 52.7 Å². The van der Waals surface area contributed by atoms with Crippen molar-refractivity contribution in [1.29, 1.82) is 0 Å². The highest BCUT2D eigenvalue weighted by Crippen LogP contribution is 2.13. The Balaban J connectivity index is 2.48. The first-order chi connectivity index (χ1) is 10.7. The monoisotopic (exact) mass is 324 g/mol. The van der Waals surface area contributed by atoms with Gasteiger partial charge in [-0.1, -0.05) is 19.1 Å². The average Bonchev–Trinajstić information content (AvgIpc) is 2.45. The predicted molar refractivity (Wildman–Crippen MR) is 90.9 cm³/mol. The van der Waals surface area contributed by atoms with Crippen LogP contribution in [-0.2, 0) is 4.74 Å². The largest absolute Gasteiger partial charge is 0.444 e. The van der Waals surface area contributed by atoms with Crippen molar-refractivity contribution >= 4 is 6.09 Å². The van der Waals surface area contributed by atoms with Crippen LogP contribution in [-0.4, -0.2) is 36.2 Å². The van der Waals surface area contributed by atoms with Gasteiger partial charge in [-0.15, -0.1) is 0 Å². The molecule has 1 N–H and O–H groups in total. The van der Waals surface area contributed by atoms with E-state index >= 15 is 0 Å². The summed E-state index contributed by atoms with van der Waals surface area (Å²) in [4.78, 5) is 13.9. The number of amides is 1. The zero-order chi connectivity index (χ0) is 17.5. The van der Waals surface area contributed by atoms with E-state index in [0.717, 1.165) is 12.0 Å². The second-order valence-corrected chi connectivity index (χ2v) is 6.69. The Kier molecular flexibility index (Phi) is 7.49. The smallest absolute Gasteiger partial charge is 0.410 e. The third-order valence-corrected chi connectivity index (χ3v) is 3.35. The van der Waals surface area contributed by atoms with Gasteiger partial charge in [-0.25, -0.2) is 9.18 Å². The van der Waals surface area contributed by atoms with Crippen LogP contribution < -0.4 is 5.32 Å². The molecule has 0 fully saturated rings. The summed E-state index contributed by atoms with van der Waals surface area (Å²) in [6.07, 6.45) is 0.600. The molecule has 0 radical (unpaired) electrons. The van der Waals surface area contributed by atoms with Crippen LogP contribution in [0.25, 0.3) is 0 Å². The molecule has 4 nitrogen and oxygen atoms in total. The summed E-state index contributed by atoms with van der Waals surface area (Å²) in [7, 11) is 0. The summed E-state index contributed by atoms with van der Waals surface area (Å²) in [5.74, 6) is -0.236. The lowest BCUT2D eigenvalue weighted by Crippen LogP contribution is -2.41. The predicted octanol–water partition coefficient (Wildman–Crippen LogP) is 4.12. The molecule has 1 amide bonds. The van der Waals surface area contributed by atoms with Crippen molar-refractivity contribution in [1.82, 2.24) is 10.2 Å². The van der Waals surface area contributed by atoms with E-state index in [4.69, 9.17) is 4.74 Å². The molecule has 0 bridgehead atoms. The number of carbonyl (C=O) groups is 1. The lowest BCUT2D eigenvalue weighted by atomic mass is 10.1. The highest BCUT2D eigenvalue weighted by atomic mass is 19.1. The number of hydrogen-bond donors (Lipinski definition) is 1. The highest BCUT2D eigenvalue weighted by Gasteiger charge is 2.21. The van der Waals surface area contributed by atoms with Gasteiger partial charge in [-0.05, 0) is 51.8 Å². The molecule has 23 heavy (non-hydrogen) atoms. The number of nitrogens with zero attached hydrogens (tertiary/aromatic N) is 1. The van der Waals surface area contributed by atoms with E-state index in [1.54, 1.807) is 17.0 Å². The van der Waals surface area contributed by atoms with E-state index in [2.05, 4.69) is 5.32 Å². The second kappa shape index (κ2) is 8.87. The molecule has 130 valence electrons. The van der Waals surface area contributed by atoms with Crippen LogP contribution in [0.1, 0.15) is 52.6 Å². The van der Waals surface area contributed by atoms with Crippen LogP contribution in [0.3, 0.4) is 0 Å². The lowest BCUT2D eigenvalue weighted by Gasteiger charge is -2.27. The summed E-state index contributed by atoms with van der Waals surface area (Å²) in [6.45, 7) is 11.5. The van der Waals surface area contributed by atoms with Gasteiger partial charge in [0.05, 0.1) is 0 Å². The maximum absolute atomic E-state index is 12.9. The molecule has 5 heteroatoms. The molecule has 0 aliphatic rings. The summed E-state index contributed by atoms with van der Waals surface area (Å²) in [5.41, 5.74) is 0.531. The third kappa shape index (κ3) is 7.46. The molecular weight excluding hydrogens is 295 g/mol. The Morgan fingerprint density at radius 1 is 1.26 bits per heavy atom. The molecule has 0 aliphatic heterocycles. The molecule has 0 saturated carbocycles. The lowest BCUT2D eigenvalue weighted by molar-refractivity contribution is 0.0251. The fourth-order valence-electron chi connectivity index (χ4n) is 2.18. The Bertz CT molecular complexity index is 483. The normalized spacial score (nSPS) is 12.8. The maximum Gasteiger partial charge on any atom is 0.410 e.